The second kappa shape index (κ2) is 31.4. The first-order chi connectivity index (χ1) is 33.4. The molecule has 24 nitrogen and oxygen atoms in total. The summed E-state index contributed by atoms with van der Waals surface area (Å²) in [4.78, 5) is 88.5. The molecule has 0 bridgehead atoms. The van der Waals surface area contributed by atoms with Crippen molar-refractivity contribution in [2.45, 2.75) is 180 Å². The zero-order valence-corrected chi connectivity index (χ0v) is 44.9. The predicted molar refractivity (Wildman–Crippen MR) is 265 cm³/mol. The molecule has 0 radical (unpaired) electrons. The molecule has 0 aromatic carbocycles. The van der Waals surface area contributed by atoms with Crippen molar-refractivity contribution in [2.75, 3.05) is 37.8 Å². The molecule has 2 amide bonds. The number of nitrogens with two attached hydrogens (primary N) is 1. The number of aliphatic hydroxyl groups excluding tert-OH is 2. The van der Waals surface area contributed by atoms with Crippen LogP contribution in [-0.4, -0.2) is 123 Å². The van der Waals surface area contributed by atoms with E-state index in [0.717, 1.165) is 54.2 Å². The second-order valence-corrected chi connectivity index (χ2v) is 24.1. The highest BCUT2D eigenvalue weighted by atomic mass is 32.2. The van der Waals surface area contributed by atoms with Crippen molar-refractivity contribution in [1.29, 1.82) is 0 Å². The number of phosphoric acid groups is 3. The summed E-state index contributed by atoms with van der Waals surface area (Å²) in [5.74, 6) is -0.157. The molecule has 1 saturated heterocycles. The molecule has 0 aliphatic carbocycles. The number of nitrogens with one attached hydrogen (secondary N) is 2. The number of carbonyl (C=O) groups excluding carboxylic acids is 3. The number of ether oxygens (including phenoxy) is 1. The van der Waals surface area contributed by atoms with Gasteiger partial charge in [-0.1, -0.05) is 142 Å². The van der Waals surface area contributed by atoms with E-state index in [9.17, 15) is 57.9 Å². The van der Waals surface area contributed by atoms with Crippen LogP contribution < -0.4 is 16.4 Å². The van der Waals surface area contributed by atoms with Crippen molar-refractivity contribution in [1.82, 2.24) is 30.2 Å². The number of rotatable bonds is 38. The summed E-state index contributed by atoms with van der Waals surface area (Å²) in [5, 5.41) is 26.7. The topological polar surface area (TPSA) is 364 Å². The zero-order valence-electron chi connectivity index (χ0n) is 41.4. The highest BCUT2D eigenvalue weighted by Gasteiger charge is 2.50. The van der Waals surface area contributed by atoms with E-state index in [1.165, 1.54) is 104 Å². The van der Waals surface area contributed by atoms with Crippen LogP contribution in [-0.2, 0) is 50.7 Å². The fourth-order valence-corrected chi connectivity index (χ4v) is 11.3. The highest BCUT2D eigenvalue weighted by Crippen LogP contribution is 2.61. The van der Waals surface area contributed by atoms with Gasteiger partial charge in [0.25, 0.3) is 0 Å². The van der Waals surface area contributed by atoms with E-state index in [0.29, 0.717) is 12.2 Å². The third-order valence-corrected chi connectivity index (χ3v) is 15.9. The molecular formula is C43H78N7O17P3S. The molecule has 10 N–H and O–H groups in total. The van der Waals surface area contributed by atoms with E-state index in [1.54, 1.807) is 0 Å². The number of imidazole rings is 1. The van der Waals surface area contributed by atoms with Gasteiger partial charge in [-0.25, -0.2) is 28.6 Å². The molecule has 3 heterocycles. The quantitative estimate of drug-likeness (QED) is 0.0261. The van der Waals surface area contributed by atoms with Crippen LogP contribution >= 0.6 is 35.2 Å². The Morgan fingerprint density at radius 2 is 1.44 bits per heavy atom. The molecule has 28 heteroatoms. The first-order valence-electron chi connectivity index (χ1n) is 24.5. The van der Waals surface area contributed by atoms with Crippen molar-refractivity contribution in [3.63, 3.8) is 0 Å². The van der Waals surface area contributed by atoms with E-state index < -0.39 is 84.6 Å². The molecule has 8 unspecified atom stereocenters. The Morgan fingerprint density at radius 3 is 2.06 bits per heavy atom. The lowest BCUT2D eigenvalue weighted by atomic mass is 9.87. The van der Waals surface area contributed by atoms with Gasteiger partial charge in [0.2, 0.25) is 11.8 Å². The number of phosphoric ester groups is 3. The van der Waals surface area contributed by atoms with E-state index in [1.807, 2.05) is 0 Å². The van der Waals surface area contributed by atoms with E-state index in [4.69, 9.17) is 19.5 Å². The van der Waals surface area contributed by atoms with Crippen LogP contribution in [0, 0.1) is 11.3 Å². The van der Waals surface area contributed by atoms with Gasteiger partial charge >= 0.3 is 23.5 Å². The number of hydrogen-bond donors (Lipinski definition) is 9. The summed E-state index contributed by atoms with van der Waals surface area (Å²) in [6, 6.07) is 0. The molecule has 8 atom stereocenters. The number of thioether (sulfide) groups is 1. The molecule has 71 heavy (non-hydrogen) atoms. The Balaban J connectivity index is 1.25. The standard InChI is InChI=1S/C43H78N7O17P3S/c1-5-6-7-17-20-31(2)21-18-15-13-11-9-8-10-12-14-16-19-22-34(52)71-26-25-45-33(51)23-24-46-41(55)38(54)43(3,4)28-64-70(61,62)67-69(59,60)63-27-32-37(66-68(56,57)58)36(53)42(65-32)50-30-49-35-39(44)47-29-48-40(35)50/h29-32,36-38,42,53-54H,5-28H2,1-4H3,(H,45,51)(H,46,55)(H,59,60)(H,61,62)(H2,44,47,48)(H2,56,57,58). The Hall–Kier alpha value is -2.44. The van der Waals surface area contributed by atoms with Gasteiger partial charge in [0.05, 0.1) is 19.5 Å². The predicted octanol–water partition coefficient (Wildman–Crippen LogP) is 6.34. The maximum absolute atomic E-state index is 12.8. The van der Waals surface area contributed by atoms with Gasteiger partial charge < -0.3 is 50.9 Å². The number of aliphatic hydroxyl groups is 2. The number of amides is 2. The lowest BCUT2D eigenvalue weighted by Gasteiger charge is -2.30. The Morgan fingerprint density at radius 1 is 0.845 bits per heavy atom. The van der Waals surface area contributed by atoms with Crippen LogP contribution in [0.3, 0.4) is 0 Å². The summed E-state index contributed by atoms with van der Waals surface area (Å²) in [6.07, 6.45) is 15.1. The summed E-state index contributed by atoms with van der Waals surface area (Å²) < 4.78 is 62.5. The van der Waals surface area contributed by atoms with Crippen molar-refractivity contribution >= 4 is 69.1 Å². The molecule has 408 valence electrons. The van der Waals surface area contributed by atoms with Gasteiger partial charge in [0.1, 0.15) is 36.3 Å². The average Bonchev–Trinajstić information content (AvgIpc) is 3.86. The molecule has 1 aliphatic heterocycles. The van der Waals surface area contributed by atoms with E-state index in [-0.39, 0.29) is 41.6 Å². The minimum absolute atomic E-state index is 0.0342. The van der Waals surface area contributed by atoms with Crippen LogP contribution in [0.25, 0.3) is 11.2 Å². The fraction of sp³-hybridized carbons (Fsp3) is 0.814. The number of hydrogen-bond acceptors (Lipinski definition) is 18. The van der Waals surface area contributed by atoms with Gasteiger partial charge in [-0.3, -0.25) is 32.5 Å². The fourth-order valence-electron chi connectivity index (χ4n) is 7.78. The second-order valence-electron chi connectivity index (χ2n) is 18.7. The van der Waals surface area contributed by atoms with E-state index in [2.05, 4.69) is 48.3 Å². The number of fused-ring (bicyclic) bond motifs is 1. The molecule has 0 saturated carbocycles. The largest absolute Gasteiger partial charge is 0.481 e. The smallest absolute Gasteiger partial charge is 0.386 e. The number of nitrogen functional groups attached to an aromatic ring is 1. The van der Waals surface area contributed by atoms with Gasteiger partial charge in [0, 0.05) is 37.1 Å². The Labute approximate surface area is 420 Å². The number of unbranched alkanes of at least 4 members (excludes halogenated alkanes) is 13. The summed E-state index contributed by atoms with van der Waals surface area (Å²) in [6.45, 7) is 5.24. The maximum Gasteiger partial charge on any atom is 0.481 e. The summed E-state index contributed by atoms with van der Waals surface area (Å²) >= 11 is 1.16. The van der Waals surface area contributed by atoms with Crippen molar-refractivity contribution < 1.29 is 80.5 Å². The average molecular weight is 1090 g/mol. The Bertz CT molecular complexity index is 2080. The van der Waals surface area contributed by atoms with Gasteiger partial charge in [-0.15, -0.1) is 0 Å². The normalized spacial score (nSPS) is 20.1. The van der Waals surface area contributed by atoms with Crippen LogP contribution in [0.4, 0.5) is 5.82 Å². The SMILES string of the molecule is CCCCCCC(C)CCCCCCCCCCCCCC(=O)SCCNC(=O)CCNC(=O)C(O)C(C)(C)COP(=O)(O)OP(=O)(O)OCC1OC(n2cnc3c(N)ncnc32)C(O)C1OP(=O)(O)O. The minimum atomic E-state index is -5.58. The van der Waals surface area contributed by atoms with Crippen LogP contribution in [0.2, 0.25) is 0 Å². The molecule has 3 rings (SSSR count). The van der Waals surface area contributed by atoms with Gasteiger partial charge in [0.15, 0.2) is 22.8 Å². The number of anilines is 1. The van der Waals surface area contributed by atoms with Crippen molar-refractivity contribution in [2.24, 2.45) is 11.3 Å². The van der Waals surface area contributed by atoms with E-state index >= 15 is 0 Å². The van der Waals surface area contributed by atoms with Crippen LogP contribution in [0.15, 0.2) is 12.7 Å². The monoisotopic (exact) mass is 1090 g/mol. The third kappa shape index (κ3) is 24.2. The number of nitrogens with zero attached hydrogens (tertiary/aromatic N) is 4. The molecular weight excluding hydrogens is 1010 g/mol. The summed E-state index contributed by atoms with van der Waals surface area (Å²) in [7, 11) is -16.4. The lowest BCUT2D eigenvalue weighted by Crippen LogP contribution is -2.46. The summed E-state index contributed by atoms with van der Waals surface area (Å²) in [5.41, 5.74) is 4.29. The third-order valence-electron chi connectivity index (χ3n) is 11.9. The van der Waals surface area contributed by atoms with Gasteiger partial charge in [-0.2, -0.15) is 4.31 Å². The number of carbonyl (C=O) groups is 3. The van der Waals surface area contributed by atoms with Crippen molar-refractivity contribution in [3.05, 3.63) is 12.7 Å². The molecule has 2 aromatic rings. The first-order valence-corrected chi connectivity index (χ1v) is 30.0. The molecule has 1 fully saturated rings. The Kier molecular flexibility index (Phi) is 27.8. The van der Waals surface area contributed by atoms with Crippen molar-refractivity contribution in [3.8, 4) is 0 Å². The molecule has 0 spiro atoms. The maximum atomic E-state index is 12.8. The molecule has 2 aromatic heterocycles. The zero-order chi connectivity index (χ0) is 52.7. The van der Waals surface area contributed by atoms with Gasteiger partial charge in [-0.05, 0) is 12.3 Å². The van der Waals surface area contributed by atoms with Crippen LogP contribution in [0.5, 0.6) is 0 Å². The first kappa shape index (κ1) is 62.9. The minimum Gasteiger partial charge on any atom is -0.386 e. The molecule has 1 aliphatic rings. The highest BCUT2D eigenvalue weighted by molar-refractivity contribution is 8.13. The number of aromatic nitrogens is 4. The lowest BCUT2D eigenvalue weighted by molar-refractivity contribution is -0.137. The van der Waals surface area contributed by atoms with Crippen LogP contribution in [0.1, 0.15) is 156 Å².